The van der Waals surface area contributed by atoms with Gasteiger partial charge in [0.2, 0.25) is 0 Å². The van der Waals surface area contributed by atoms with Gasteiger partial charge in [-0.25, -0.2) is 0 Å². The van der Waals surface area contributed by atoms with E-state index in [9.17, 15) is 20.2 Å². The third kappa shape index (κ3) is 2.96. The zero-order valence-electron chi connectivity index (χ0n) is 9.95. The highest BCUT2D eigenvalue weighted by Crippen LogP contribution is 2.43. The first-order valence-corrected chi connectivity index (χ1v) is 7.10. The van der Waals surface area contributed by atoms with Gasteiger partial charge in [0, 0.05) is 12.5 Å². The van der Waals surface area contributed by atoms with Crippen molar-refractivity contribution < 1.29 is 9.85 Å². The summed E-state index contributed by atoms with van der Waals surface area (Å²) in [6.45, 7) is 0. The zero-order valence-corrected chi connectivity index (χ0v) is 13.1. The number of alkyl halides is 2. The number of para-hydroxylation sites is 1. The Morgan fingerprint density at radius 1 is 1.10 bits per heavy atom. The molecular weight excluding hydrogens is 396 g/mol. The standard InChI is InChI=1S/C12H8Br2N2O4/c13-12(14)6-5-11(16(19)20)9(7-12)8-3-1-2-4-10(8)15(17)18/h1-5,7H,6H2. The summed E-state index contributed by atoms with van der Waals surface area (Å²) in [6, 6.07) is 5.96. The molecule has 1 aliphatic carbocycles. The average molecular weight is 404 g/mol. The molecule has 1 aromatic rings. The van der Waals surface area contributed by atoms with Gasteiger partial charge in [-0.2, -0.15) is 0 Å². The van der Waals surface area contributed by atoms with E-state index in [-0.39, 0.29) is 22.5 Å². The Hall–Kier alpha value is -1.54. The van der Waals surface area contributed by atoms with Crippen LogP contribution in [0.1, 0.15) is 12.0 Å². The fraction of sp³-hybridized carbons (Fsp3) is 0.167. The van der Waals surface area contributed by atoms with Crippen LogP contribution in [0.25, 0.3) is 5.57 Å². The summed E-state index contributed by atoms with van der Waals surface area (Å²) < 4.78 is -0.640. The number of benzene rings is 1. The van der Waals surface area contributed by atoms with Crippen molar-refractivity contribution in [1.29, 1.82) is 0 Å². The summed E-state index contributed by atoms with van der Waals surface area (Å²) in [5, 5.41) is 22.2. The highest BCUT2D eigenvalue weighted by Gasteiger charge is 2.34. The van der Waals surface area contributed by atoms with Gasteiger partial charge in [-0.15, -0.1) is 0 Å². The lowest BCUT2D eigenvalue weighted by Gasteiger charge is -2.20. The molecule has 0 bridgehead atoms. The van der Waals surface area contributed by atoms with Gasteiger partial charge >= 0.3 is 0 Å². The second kappa shape index (κ2) is 5.45. The van der Waals surface area contributed by atoms with E-state index in [1.807, 2.05) is 0 Å². The van der Waals surface area contributed by atoms with E-state index >= 15 is 0 Å². The second-order valence-corrected chi connectivity index (χ2v) is 8.04. The third-order valence-electron chi connectivity index (χ3n) is 2.79. The molecule has 0 aliphatic heterocycles. The molecule has 0 heterocycles. The van der Waals surface area contributed by atoms with E-state index in [4.69, 9.17) is 0 Å². The number of nitrogens with zero attached hydrogens (tertiary/aromatic N) is 2. The normalized spacial score (nSPS) is 17.1. The maximum absolute atomic E-state index is 11.1. The number of hydrogen-bond acceptors (Lipinski definition) is 4. The third-order valence-corrected chi connectivity index (χ3v) is 3.89. The Bertz CT molecular complexity index is 653. The Kier molecular flexibility index (Phi) is 4.05. The van der Waals surface area contributed by atoms with Gasteiger partial charge in [0.1, 0.15) is 3.23 Å². The van der Waals surface area contributed by atoms with Crippen LogP contribution in [0, 0.1) is 20.2 Å². The van der Waals surface area contributed by atoms with Crippen LogP contribution in [0.3, 0.4) is 0 Å². The summed E-state index contributed by atoms with van der Waals surface area (Å²) in [6.07, 6.45) is 3.39. The summed E-state index contributed by atoms with van der Waals surface area (Å²) in [5.74, 6) is 0. The Morgan fingerprint density at radius 2 is 1.75 bits per heavy atom. The smallest absolute Gasteiger partial charge is 0.258 e. The lowest BCUT2D eigenvalue weighted by molar-refractivity contribution is -0.417. The molecule has 1 aliphatic rings. The quantitative estimate of drug-likeness (QED) is 0.433. The van der Waals surface area contributed by atoms with Crippen molar-refractivity contribution in [1.82, 2.24) is 0 Å². The molecule has 0 saturated heterocycles. The molecule has 0 radical (unpaired) electrons. The Labute approximate surface area is 130 Å². The highest BCUT2D eigenvalue weighted by molar-refractivity contribution is 9.25. The van der Waals surface area contributed by atoms with Crippen molar-refractivity contribution in [3.63, 3.8) is 0 Å². The molecule has 0 unspecified atom stereocenters. The predicted molar refractivity (Wildman–Crippen MR) is 81.4 cm³/mol. The molecule has 8 heteroatoms. The Balaban J connectivity index is 2.64. The van der Waals surface area contributed by atoms with Gasteiger partial charge in [0.15, 0.2) is 0 Å². The predicted octanol–water partition coefficient (Wildman–Crippen LogP) is 4.03. The van der Waals surface area contributed by atoms with Gasteiger partial charge in [0.05, 0.1) is 21.0 Å². The molecule has 104 valence electrons. The maximum Gasteiger partial charge on any atom is 0.277 e. The highest BCUT2D eigenvalue weighted by atomic mass is 79.9. The van der Waals surface area contributed by atoms with Gasteiger partial charge < -0.3 is 0 Å². The zero-order chi connectivity index (χ0) is 14.9. The second-order valence-electron chi connectivity index (χ2n) is 4.14. The number of rotatable bonds is 3. The van der Waals surface area contributed by atoms with Crippen LogP contribution in [0.4, 0.5) is 5.69 Å². The minimum atomic E-state index is -0.640. The molecule has 0 fully saturated rings. The van der Waals surface area contributed by atoms with Crippen LogP contribution < -0.4 is 0 Å². The van der Waals surface area contributed by atoms with E-state index in [1.165, 1.54) is 24.3 Å². The van der Waals surface area contributed by atoms with Gasteiger partial charge in [-0.1, -0.05) is 44.0 Å². The number of nitro benzene ring substituents is 1. The van der Waals surface area contributed by atoms with Crippen molar-refractivity contribution >= 4 is 43.1 Å². The van der Waals surface area contributed by atoms with E-state index in [0.29, 0.717) is 6.42 Å². The molecule has 20 heavy (non-hydrogen) atoms. The largest absolute Gasteiger partial charge is 0.277 e. The van der Waals surface area contributed by atoms with Crippen LogP contribution in [-0.4, -0.2) is 13.1 Å². The first-order valence-electron chi connectivity index (χ1n) is 5.51. The van der Waals surface area contributed by atoms with Gasteiger partial charge in [-0.05, 0) is 18.2 Å². The molecule has 0 atom stereocenters. The van der Waals surface area contributed by atoms with Gasteiger partial charge in [-0.3, -0.25) is 20.2 Å². The van der Waals surface area contributed by atoms with E-state index in [0.717, 1.165) is 0 Å². The van der Waals surface area contributed by atoms with Crippen LogP contribution in [0.2, 0.25) is 0 Å². The van der Waals surface area contributed by atoms with E-state index < -0.39 is 13.1 Å². The first kappa shape index (κ1) is 14.9. The summed E-state index contributed by atoms with van der Waals surface area (Å²) >= 11 is 6.74. The minimum absolute atomic E-state index is 0.131. The van der Waals surface area contributed by atoms with Crippen molar-refractivity contribution in [3.05, 3.63) is 67.9 Å². The maximum atomic E-state index is 11.1. The SMILES string of the molecule is O=[N+]([O-])C1=CCC(Br)(Br)C=C1c1ccccc1[N+](=O)[O-]. The fourth-order valence-electron chi connectivity index (χ4n) is 1.94. The molecule has 0 amide bonds. The van der Waals surface area contributed by atoms with Crippen molar-refractivity contribution in [3.8, 4) is 0 Å². The number of halogens is 2. The van der Waals surface area contributed by atoms with Crippen LogP contribution >= 0.6 is 31.9 Å². The first-order chi connectivity index (χ1) is 9.32. The van der Waals surface area contributed by atoms with Crippen LogP contribution in [-0.2, 0) is 0 Å². The van der Waals surface area contributed by atoms with E-state index in [1.54, 1.807) is 12.1 Å². The minimum Gasteiger partial charge on any atom is -0.258 e. The van der Waals surface area contributed by atoms with E-state index in [2.05, 4.69) is 31.9 Å². The monoisotopic (exact) mass is 402 g/mol. The molecule has 2 rings (SSSR count). The molecule has 0 saturated carbocycles. The molecule has 0 aromatic heterocycles. The molecular formula is C12H8Br2N2O4. The number of allylic oxidation sites excluding steroid dienone is 3. The van der Waals surface area contributed by atoms with Crippen LogP contribution in [0.15, 0.2) is 42.1 Å². The lowest BCUT2D eigenvalue weighted by atomic mass is 9.95. The topological polar surface area (TPSA) is 86.3 Å². The summed E-state index contributed by atoms with van der Waals surface area (Å²) in [7, 11) is 0. The molecule has 0 N–H and O–H groups in total. The lowest BCUT2D eigenvalue weighted by Crippen LogP contribution is -2.16. The molecule has 6 nitrogen and oxygen atoms in total. The summed E-state index contributed by atoms with van der Waals surface area (Å²) in [4.78, 5) is 21.1. The Morgan fingerprint density at radius 3 is 2.35 bits per heavy atom. The fourth-order valence-corrected chi connectivity index (χ4v) is 2.72. The number of nitro groups is 2. The van der Waals surface area contributed by atoms with Crippen LogP contribution in [0.5, 0.6) is 0 Å². The van der Waals surface area contributed by atoms with Gasteiger partial charge in [0.25, 0.3) is 11.4 Å². The number of hydrogen-bond donors (Lipinski definition) is 0. The molecule has 0 spiro atoms. The molecule has 1 aromatic carbocycles. The van der Waals surface area contributed by atoms with Crippen molar-refractivity contribution in [2.75, 3.05) is 0 Å². The van der Waals surface area contributed by atoms with Crippen molar-refractivity contribution in [2.24, 2.45) is 0 Å². The average Bonchev–Trinajstić information content (AvgIpc) is 2.37. The van der Waals surface area contributed by atoms with Crippen molar-refractivity contribution in [2.45, 2.75) is 9.65 Å². The summed E-state index contributed by atoms with van der Waals surface area (Å²) in [5.41, 5.74) is 0.156.